The standard InChI is InChI=1S/C18H17FIN5O/c1-11(10-26)22-18-24-16(15-4-2-3-7-21-15)9-17(25-18)23-14-6-5-12(20)8-13(14)19/h2-9,11,26H,10H2,1H3,(H2,22,23,24,25)/t11-/m1/s1. The zero-order chi connectivity index (χ0) is 18.5. The molecular formula is C18H17FIN5O. The highest BCUT2D eigenvalue weighted by molar-refractivity contribution is 14.1. The fraction of sp³-hybridized carbons (Fsp3) is 0.167. The molecule has 2 heterocycles. The lowest BCUT2D eigenvalue weighted by Crippen LogP contribution is -2.21. The third kappa shape index (κ3) is 4.64. The van der Waals surface area contributed by atoms with Crippen LogP contribution in [0.25, 0.3) is 11.4 Å². The molecule has 3 rings (SSSR count). The molecule has 1 atom stereocenters. The summed E-state index contributed by atoms with van der Waals surface area (Å²) >= 11 is 2.05. The van der Waals surface area contributed by atoms with Crippen LogP contribution in [-0.4, -0.2) is 32.7 Å². The van der Waals surface area contributed by atoms with Crippen molar-refractivity contribution in [3.63, 3.8) is 0 Å². The lowest BCUT2D eigenvalue weighted by molar-refractivity contribution is 0.281. The molecule has 2 aromatic heterocycles. The van der Waals surface area contributed by atoms with Crippen molar-refractivity contribution in [2.45, 2.75) is 13.0 Å². The Labute approximate surface area is 164 Å². The normalized spacial score (nSPS) is 11.8. The maximum Gasteiger partial charge on any atom is 0.225 e. The first-order chi connectivity index (χ1) is 12.5. The van der Waals surface area contributed by atoms with Crippen LogP contribution in [0.15, 0.2) is 48.7 Å². The number of aromatic nitrogens is 3. The number of rotatable bonds is 6. The molecular weight excluding hydrogens is 448 g/mol. The predicted molar refractivity (Wildman–Crippen MR) is 108 cm³/mol. The molecule has 0 aliphatic rings. The number of pyridine rings is 1. The summed E-state index contributed by atoms with van der Waals surface area (Å²) < 4.78 is 15.0. The molecule has 8 heteroatoms. The van der Waals surface area contributed by atoms with Crippen molar-refractivity contribution in [1.29, 1.82) is 0 Å². The molecule has 1 aromatic carbocycles. The summed E-state index contributed by atoms with van der Waals surface area (Å²) in [4.78, 5) is 13.1. The first kappa shape index (κ1) is 18.5. The van der Waals surface area contributed by atoms with Crippen LogP contribution in [0.4, 0.5) is 21.8 Å². The molecule has 0 radical (unpaired) electrons. The van der Waals surface area contributed by atoms with Gasteiger partial charge >= 0.3 is 0 Å². The third-order valence-electron chi connectivity index (χ3n) is 3.50. The minimum Gasteiger partial charge on any atom is -0.394 e. The van der Waals surface area contributed by atoms with E-state index in [0.29, 0.717) is 28.8 Å². The average Bonchev–Trinajstić information content (AvgIpc) is 2.64. The molecule has 3 N–H and O–H groups in total. The minimum atomic E-state index is -0.367. The highest BCUT2D eigenvalue weighted by Gasteiger charge is 2.11. The molecule has 134 valence electrons. The molecule has 0 fully saturated rings. The highest BCUT2D eigenvalue weighted by Crippen LogP contribution is 2.25. The summed E-state index contributed by atoms with van der Waals surface area (Å²) in [5, 5.41) is 15.3. The molecule has 6 nitrogen and oxygen atoms in total. The van der Waals surface area contributed by atoms with E-state index in [4.69, 9.17) is 0 Å². The SMILES string of the molecule is C[C@H](CO)Nc1nc(Nc2ccc(I)cc2F)cc(-c2ccccn2)n1. The predicted octanol–water partition coefficient (Wildman–Crippen LogP) is 3.82. The van der Waals surface area contributed by atoms with Gasteiger partial charge in [0.15, 0.2) is 0 Å². The Morgan fingerprint density at radius 2 is 2.00 bits per heavy atom. The average molecular weight is 465 g/mol. The Morgan fingerprint density at radius 3 is 2.69 bits per heavy atom. The van der Waals surface area contributed by atoms with Crippen molar-refractivity contribution in [3.05, 3.63) is 58.0 Å². The van der Waals surface area contributed by atoms with Crippen molar-refractivity contribution in [1.82, 2.24) is 15.0 Å². The molecule has 0 unspecified atom stereocenters. The zero-order valence-corrected chi connectivity index (χ0v) is 16.1. The summed E-state index contributed by atoms with van der Waals surface area (Å²) in [5.74, 6) is 0.379. The molecule has 26 heavy (non-hydrogen) atoms. The number of benzene rings is 1. The van der Waals surface area contributed by atoms with E-state index < -0.39 is 0 Å². The van der Waals surface area contributed by atoms with Crippen LogP contribution in [0.5, 0.6) is 0 Å². The second-order valence-electron chi connectivity index (χ2n) is 5.65. The van der Waals surface area contributed by atoms with Crippen LogP contribution in [0, 0.1) is 9.39 Å². The van der Waals surface area contributed by atoms with Gasteiger partial charge in [0.25, 0.3) is 0 Å². The smallest absolute Gasteiger partial charge is 0.225 e. The van der Waals surface area contributed by atoms with Gasteiger partial charge in [0.05, 0.1) is 23.7 Å². The molecule has 0 amide bonds. The van der Waals surface area contributed by atoms with Crippen LogP contribution in [0.3, 0.4) is 0 Å². The van der Waals surface area contributed by atoms with E-state index >= 15 is 0 Å². The number of aliphatic hydroxyl groups excluding tert-OH is 1. The van der Waals surface area contributed by atoms with Gasteiger partial charge in [0.1, 0.15) is 11.6 Å². The van der Waals surface area contributed by atoms with Crippen LogP contribution >= 0.6 is 22.6 Å². The highest BCUT2D eigenvalue weighted by atomic mass is 127. The summed E-state index contributed by atoms with van der Waals surface area (Å²) in [6.07, 6.45) is 1.67. The van der Waals surface area contributed by atoms with Crippen molar-refractivity contribution in [2.24, 2.45) is 0 Å². The fourth-order valence-corrected chi connectivity index (χ4v) is 2.67. The monoisotopic (exact) mass is 465 g/mol. The van der Waals surface area contributed by atoms with E-state index in [2.05, 4.69) is 48.2 Å². The number of hydrogen-bond donors (Lipinski definition) is 3. The van der Waals surface area contributed by atoms with Gasteiger partial charge in [-0.15, -0.1) is 0 Å². The van der Waals surface area contributed by atoms with E-state index in [1.165, 1.54) is 6.07 Å². The largest absolute Gasteiger partial charge is 0.394 e. The summed E-state index contributed by atoms with van der Waals surface area (Å²) in [6.45, 7) is 1.74. The van der Waals surface area contributed by atoms with Gasteiger partial charge < -0.3 is 15.7 Å². The van der Waals surface area contributed by atoms with Crippen molar-refractivity contribution >= 4 is 40.0 Å². The zero-order valence-electron chi connectivity index (χ0n) is 13.9. The molecule has 0 saturated carbocycles. The Balaban J connectivity index is 1.98. The van der Waals surface area contributed by atoms with Gasteiger partial charge in [-0.1, -0.05) is 6.07 Å². The van der Waals surface area contributed by atoms with Gasteiger partial charge in [-0.25, -0.2) is 9.37 Å². The van der Waals surface area contributed by atoms with Crippen molar-refractivity contribution < 1.29 is 9.50 Å². The van der Waals surface area contributed by atoms with Crippen molar-refractivity contribution in [3.8, 4) is 11.4 Å². The summed E-state index contributed by atoms with van der Waals surface area (Å²) in [6, 6.07) is 11.9. The van der Waals surface area contributed by atoms with Gasteiger partial charge in [-0.3, -0.25) is 4.98 Å². The Morgan fingerprint density at radius 1 is 1.15 bits per heavy atom. The molecule has 3 aromatic rings. The number of halogens is 2. The lowest BCUT2D eigenvalue weighted by atomic mass is 10.2. The summed E-state index contributed by atoms with van der Waals surface area (Å²) in [7, 11) is 0. The Hall–Kier alpha value is -2.33. The minimum absolute atomic E-state index is 0.0638. The number of aliphatic hydroxyl groups is 1. The van der Waals surface area contributed by atoms with Crippen LogP contribution < -0.4 is 10.6 Å². The first-order valence-corrected chi connectivity index (χ1v) is 9.03. The van der Waals surface area contributed by atoms with Crippen LogP contribution in [0.1, 0.15) is 6.92 Å². The van der Waals surface area contributed by atoms with Gasteiger partial charge in [0.2, 0.25) is 5.95 Å². The van der Waals surface area contributed by atoms with Crippen LogP contribution in [-0.2, 0) is 0 Å². The van der Waals surface area contributed by atoms with E-state index in [0.717, 1.165) is 3.57 Å². The number of hydrogen-bond acceptors (Lipinski definition) is 6. The Bertz CT molecular complexity index is 894. The van der Waals surface area contributed by atoms with Gasteiger partial charge in [-0.2, -0.15) is 4.98 Å². The second-order valence-corrected chi connectivity index (χ2v) is 6.90. The van der Waals surface area contributed by atoms with Gasteiger partial charge in [-0.05, 0) is 59.8 Å². The second kappa shape index (κ2) is 8.37. The number of anilines is 3. The van der Waals surface area contributed by atoms with E-state index in [9.17, 15) is 9.50 Å². The number of nitrogens with zero attached hydrogens (tertiary/aromatic N) is 3. The van der Waals surface area contributed by atoms with Crippen molar-refractivity contribution in [2.75, 3.05) is 17.2 Å². The topological polar surface area (TPSA) is 83.0 Å². The molecule has 0 aliphatic carbocycles. The molecule has 0 aliphatic heterocycles. The maximum atomic E-state index is 14.2. The quantitative estimate of drug-likeness (QED) is 0.481. The molecule has 0 saturated heterocycles. The Kier molecular flexibility index (Phi) is 5.94. The third-order valence-corrected chi connectivity index (χ3v) is 4.17. The molecule has 0 spiro atoms. The molecule has 0 bridgehead atoms. The first-order valence-electron chi connectivity index (χ1n) is 7.95. The van der Waals surface area contributed by atoms with E-state index in [1.807, 2.05) is 25.1 Å². The maximum absolute atomic E-state index is 14.2. The van der Waals surface area contributed by atoms with Crippen LogP contribution in [0.2, 0.25) is 0 Å². The summed E-state index contributed by atoms with van der Waals surface area (Å²) in [5.41, 5.74) is 1.57. The van der Waals surface area contributed by atoms with E-state index in [1.54, 1.807) is 24.4 Å². The lowest BCUT2D eigenvalue weighted by Gasteiger charge is -2.14. The van der Waals surface area contributed by atoms with E-state index in [-0.39, 0.29) is 18.5 Å². The fourth-order valence-electron chi connectivity index (χ4n) is 2.22. The number of nitrogens with one attached hydrogen (secondary N) is 2. The van der Waals surface area contributed by atoms with Gasteiger partial charge in [0, 0.05) is 21.9 Å².